The Kier molecular flexibility index (Phi) is 4.16. The second kappa shape index (κ2) is 5.83. The Morgan fingerprint density at radius 3 is 3.11 bits per heavy atom. The molecule has 0 spiro atoms. The summed E-state index contributed by atoms with van der Waals surface area (Å²) < 4.78 is 0. The van der Waals surface area contributed by atoms with Crippen molar-refractivity contribution in [2.45, 2.75) is 32.2 Å². The summed E-state index contributed by atoms with van der Waals surface area (Å²) in [5.74, 6) is 0.784. The molecular weight excluding hydrogens is 224 g/mol. The monoisotopic (exact) mass is 244 g/mol. The lowest BCUT2D eigenvalue weighted by Gasteiger charge is -2.40. The van der Waals surface area contributed by atoms with Gasteiger partial charge in [-0.15, -0.1) is 0 Å². The van der Waals surface area contributed by atoms with Crippen molar-refractivity contribution in [2.75, 3.05) is 18.0 Å². The zero-order valence-corrected chi connectivity index (χ0v) is 10.8. The van der Waals surface area contributed by atoms with Crippen LogP contribution < -0.4 is 10.6 Å². The van der Waals surface area contributed by atoms with Crippen molar-refractivity contribution in [2.24, 2.45) is 11.7 Å². The first-order valence-electron chi connectivity index (χ1n) is 6.61. The van der Waals surface area contributed by atoms with Gasteiger partial charge in [-0.05, 0) is 30.9 Å². The Morgan fingerprint density at radius 1 is 1.61 bits per heavy atom. The number of nitrogens with two attached hydrogens (primary N) is 1. The van der Waals surface area contributed by atoms with Crippen LogP contribution >= 0.6 is 0 Å². The van der Waals surface area contributed by atoms with E-state index in [1.165, 1.54) is 12.8 Å². The van der Waals surface area contributed by atoms with Gasteiger partial charge >= 0.3 is 0 Å². The summed E-state index contributed by atoms with van der Waals surface area (Å²) in [6.45, 7) is 3.93. The van der Waals surface area contributed by atoms with E-state index in [1.54, 1.807) is 6.20 Å². The molecule has 96 valence electrons. The number of rotatable bonds is 3. The van der Waals surface area contributed by atoms with E-state index in [-0.39, 0.29) is 0 Å². The molecule has 0 amide bonds. The first-order chi connectivity index (χ1) is 8.78. The Labute approximate surface area is 108 Å². The molecule has 0 saturated carbocycles. The third kappa shape index (κ3) is 2.62. The van der Waals surface area contributed by atoms with Crippen LogP contribution in [-0.2, 0) is 0 Å². The summed E-state index contributed by atoms with van der Waals surface area (Å²) in [4.78, 5) is 6.34. The SMILES string of the molecule is CCC1CCN(c2ccnc(C#N)c2)C(CN)C1. The van der Waals surface area contributed by atoms with E-state index < -0.39 is 0 Å². The summed E-state index contributed by atoms with van der Waals surface area (Å²) in [5.41, 5.74) is 7.44. The lowest BCUT2D eigenvalue weighted by atomic mass is 9.88. The summed E-state index contributed by atoms with van der Waals surface area (Å²) in [6, 6.07) is 6.30. The molecular formula is C14H20N4. The molecule has 2 N–H and O–H groups in total. The second-order valence-corrected chi connectivity index (χ2v) is 4.89. The number of nitriles is 1. The summed E-state index contributed by atoms with van der Waals surface area (Å²) in [7, 11) is 0. The molecule has 18 heavy (non-hydrogen) atoms. The minimum atomic E-state index is 0.387. The first-order valence-corrected chi connectivity index (χ1v) is 6.61. The smallest absolute Gasteiger partial charge is 0.142 e. The summed E-state index contributed by atoms with van der Waals surface area (Å²) >= 11 is 0. The molecule has 2 heterocycles. The average molecular weight is 244 g/mol. The molecule has 1 aromatic rings. The van der Waals surface area contributed by atoms with Crippen LogP contribution in [0, 0.1) is 17.2 Å². The highest BCUT2D eigenvalue weighted by molar-refractivity contribution is 5.50. The van der Waals surface area contributed by atoms with Gasteiger partial charge in [-0.1, -0.05) is 13.3 Å². The van der Waals surface area contributed by atoms with Gasteiger partial charge in [0, 0.05) is 31.0 Å². The van der Waals surface area contributed by atoms with E-state index in [1.807, 2.05) is 12.1 Å². The van der Waals surface area contributed by atoms with E-state index in [4.69, 9.17) is 11.0 Å². The molecule has 0 aromatic carbocycles. The van der Waals surface area contributed by atoms with Crippen molar-refractivity contribution >= 4 is 5.69 Å². The zero-order valence-electron chi connectivity index (χ0n) is 10.8. The second-order valence-electron chi connectivity index (χ2n) is 4.89. The van der Waals surface area contributed by atoms with E-state index in [0.717, 1.165) is 24.6 Å². The Hall–Kier alpha value is -1.60. The predicted octanol–water partition coefficient (Wildman–Crippen LogP) is 1.91. The molecule has 1 saturated heterocycles. The number of nitrogens with zero attached hydrogens (tertiary/aromatic N) is 3. The fraction of sp³-hybridized carbons (Fsp3) is 0.571. The van der Waals surface area contributed by atoms with E-state index in [0.29, 0.717) is 18.3 Å². The van der Waals surface area contributed by atoms with Gasteiger partial charge in [0.2, 0.25) is 0 Å². The van der Waals surface area contributed by atoms with Crippen molar-refractivity contribution < 1.29 is 0 Å². The molecule has 0 bridgehead atoms. The zero-order chi connectivity index (χ0) is 13.0. The van der Waals surface area contributed by atoms with Gasteiger partial charge in [0.25, 0.3) is 0 Å². The molecule has 0 aliphatic carbocycles. The highest BCUT2D eigenvalue weighted by atomic mass is 15.2. The van der Waals surface area contributed by atoms with Crippen LogP contribution in [-0.4, -0.2) is 24.1 Å². The van der Waals surface area contributed by atoms with E-state index >= 15 is 0 Å². The molecule has 2 rings (SSSR count). The van der Waals surface area contributed by atoms with Gasteiger partial charge in [0.15, 0.2) is 0 Å². The molecule has 1 fully saturated rings. The number of hydrogen-bond donors (Lipinski definition) is 1. The summed E-state index contributed by atoms with van der Waals surface area (Å²) in [6.07, 6.45) is 5.28. The predicted molar refractivity (Wildman–Crippen MR) is 72.2 cm³/mol. The maximum absolute atomic E-state index is 8.91. The van der Waals surface area contributed by atoms with Gasteiger partial charge in [-0.25, -0.2) is 4.98 Å². The van der Waals surface area contributed by atoms with Crippen molar-refractivity contribution in [3.8, 4) is 6.07 Å². The molecule has 1 aromatic heterocycles. The van der Waals surface area contributed by atoms with Crippen molar-refractivity contribution in [1.82, 2.24) is 4.98 Å². The maximum atomic E-state index is 8.91. The number of anilines is 1. The Bertz CT molecular complexity index is 438. The van der Waals surface area contributed by atoms with Crippen LogP contribution in [0.15, 0.2) is 18.3 Å². The van der Waals surface area contributed by atoms with Crippen LogP contribution in [0.3, 0.4) is 0 Å². The molecule has 4 heteroatoms. The standard InChI is InChI=1S/C14H20N4/c1-2-11-4-6-18(14(7-11)10-16)13-3-5-17-12(8-13)9-15/h3,5,8,11,14H,2,4,6-7,10,16H2,1H3. The third-order valence-corrected chi connectivity index (χ3v) is 3.86. The van der Waals surface area contributed by atoms with Crippen LogP contribution in [0.2, 0.25) is 0 Å². The highest BCUT2D eigenvalue weighted by Crippen LogP contribution is 2.29. The first kappa shape index (κ1) is 12.8. The molecule has 1 aliphatic heterocycles. The minimum Gasteiger partial charge on any atom is -0.367 e. The van der Waals surface area contributed by atoms with E-state index in [2.05, 4.69) is 22.9 Å². The molecule has 1 aliphatic rings. The molecule has 2 unspecified atom stereocenters. The van der Waals surface area contributed by atoms with Gasteiger partial charge in [-0.2, -0.15) is 5.26 Å². The fourth-order valence-electron chi connectivity index (χ4n) is 2.73. The average Bonchev–Trinajstić information content (AvgIpc) is 2.46. The highest BCUT2D eigenvalue weighted by Gasteiger charge is 2.26. The maximum Gasteiger partial charge on any atom is 0.142 e. The van der Waals surface area contributed by atoms with Gasteiger partial charge in [0.1, 0.15) is 11.8 Å². The molecule has 2 atom stereocenters. The van der Waals surface area contributed by atoms with Gasteiger partial charge in [-0.3, -0.25) is 0 Å². The van der Waals surface area contributed by atoms with Crippen molar-refractivity contribution in [1.29, 1.82) is 5.26 Å². The van der Waals surface area contributed by atoms with Crippen LogP contribution in [0.25, 0.3) is 0 Å². The van der Waals surface area contributed by atoms with Gasteiger partial charge in [0.05, 0.1) is 0 Å². The number of aromatic nitrogens is 1. The topological polar surface area (TPSA) is 65.9 Å². The van der Waals surface area contributed by atoms with Crippen molar-refractivity contribution in [3.63, 3.8) is 0 Å². The Balaban J connectivity index is 2.18. The molecule has 0 radical (unpaired) electrons. The lowest BCUT2D eigenvalue weighted by molar-refractivity contribution is 0.336. The van der Waals surface area contributed by atoms with E-state index in [9.17, 15) is 0 Å². The normalized spacial score (nSPS) is 23.7. The fourth-order valence-corrected chi connectivity index (χ4v) is 2.73. The Morgan fingerprint density at radius 2 is 2.44 bits per heavy atom. The molecule has 4 nitrogen and oxygen atoms in total. The number of pyridine rings is 1. The van der Waals surface area contributed by atoms with Crippen molar-refractivity contribution in [3.05, 3.63) is 24.0 Å². The van der Waals surface area contributed by atoms with Crippen LogP contribution in [0.1, 0.15) is 31.9 Å². The van der Waals surface area contributed by atoms with Crippen LogP contribution in [0.4, 0.5) is 5.69 Å². The number of piperidine rings is 1. The quantitative estimate of drug-likeness (QED) is 0.882. The summed E-state index contributed by atoms with van der Waals surface area (Å²) in [5, 5.41) is 8.91. The minimum absolute atomic E-state index is 0.387. The largest absolute Gasteiger partial charge is 0.367 e. The third-order valence-electron chi connectivity index (χ3n) is 3.86. The lowest BCUT2D eigenvalue weighted by Crippen LogP contribution is -2.46. The van der Waals surface area contributed by atoms with Gasteiger partial charge < -0.3 is 10.6 Å². The van der Waals surface area contributed by atoms with Crippen LogP contribution in [0.5, 0.6) is 0 Å². The number of hydrogen-bond acceptors (Lipinski definition) is 4.